The molecule has 2 unspecified atom stereocenters. The first-order valence-corrected chi connectivity index (χ1v) is 5.65. The number of amides is 1. The summed E-state index contributed by atoms with van der Waals surface area (Å²) in [6.45, 7) is 8.53. The summed E-state index contributed by atoms with van der Waals surface area (Å²) in [6, 6.07) is 0.571. The van der Waals surface area contributed by atoms with Crippen molar-refractivity contribution in [3.05, 3.63) is 0 Å². The normalized spacial score (nSPS) is 26.1. The van der Waals surface area contributed by atoms with Crippen LogP contribution in [-0.2, 0) is 4.79 Å². The molecule has 1 amide bonds. The maximum atomic E-state index is 11.6. The Morgan fingerprint density at radius 3 is 2.53 bits per heavy atom. The molecule has 15 heavy (non-hydrogen) atoms. The lowest BCUT2D eigenvalue weighted by molar-refractivity contribution is -0.137. The van der Waals surface area contributed by atoms with E-state index in [0.29, 0.717) is 18.5 Å². The Labute approximate surface area is 92.4 Å². The number of nitrogens with zero attached hydrogens (tertiary/aromatic N) is 2. The minimum absolute atomic E-state index is 0.127. The zero-order valence-electron chi connectivity index (χ0n) is 10.2. The van der Waals surface area contributed by atoms with E-state index < -0.39 is 0 Å². The summed E-state index contributed by atoms with van der Waals surface area (Å²) in [5.74, 6) is 0.756. The number of piperazine rings is 1. The Kier molecular flexibility index (Phi) is 4.11. The van der Waals surface area contributed by atoms with Crippen LogP contribution in [0.5, 0.6) is 0 Å². The number of likely N-dealkylation sites (N-methyl/N-ethyl adjacent to an activating group) is 1. The summed E-state index contributed by atoms with van der Waals surface area (Å²) >= 11 is 0. The van der Waals surface area contributed by atoms with Crippen molar-refractivity contribution >= 4 is 5.91 Å². The lowest BCUT2D eigenvalue weighted by Gasteiger charge is -2.42. The van der Waals surface area contributed by atoms with Gasteiger partial charge in [0.05, 0.1) is 6.54 Å². The van der Waals surface area contributed by atoms with Crippen LogP contribution < -0.4 is 5.73 Å². The molecule has 0 radical (unpaired) electrons. The molecule has 0 aromatic rings. The number of hydrogen-bond donors (Lipinski definition) is 1. The van der Waals surface area contributed by atoms with E-state index in [4.69, 9.17) is 5.73 Å². The van der Waals surface area contributed by atoms with Gasteiger partial charge in [0.1, 0.15) is 0 Å². The van der Waals surface area contributed by atoms with Crippen LogP contribution in [0.15, 0.2) is 0 Å². The molecule has 0 aromatic heterocycles. The van der Waals surface area contributed by atoms with Crippen LogP contribution in [0.4, 0.5) is 0 Å². The van der Waals surface area contributed by atoms with Crippen LogP contribution >= 0.6 is 0 Å². The molecule has 2 atom stereocenters. The van der Waals surface area contributed by atoms with Gasteiger partial charge in [0.15, 0.2) is 0 Å². The molecule has 0 bridgehead atoms. The van der Waals surface area contributed by atoms with Crippen LogP contribution in [0.1, 0.15) is 20.8 Å². The monoisotopic (exact) mass is 213 g/mol. The van der Waals surface area contributed by atoms with E-state index in [1.807, 2.05) is 18.9 Å². The van der Waals surface area contributed by atoms with Crippen molar-refractivity contribution in [1.82, 2.24) is 9.80 Å². The highest BCUT2D eigenvalue weighted by atomic mass is 16.2. The second-order valence-corrected chi connectivity index (χ2v) is 4.99. The molecule has 88 valence electrons. The smallest absolute Gasteiger partial charge is 0.236 e. The highest BCUT2D eigenvalue weighted by Crippen LogP contribution is 2.16. The van der Waals surface area contributed by atoms with E-state index in [1.54, 1.807) is 0 Å². The van der Waals surface area contributed by atoms with Gasteiger partial charge in [-0.25, -0.2) is 0 Å². The summed E-state index contributed by atoms with van der Waals surface area (Å²) in [4.78, 5) is 15.6. The van der Waals surface area contributed by atoms with Gasteiger partial charge >= 0.3 is 0 Å². The Morgan fingerprint density at radius 1 is 1.47 bits per heavy atom. The van der Waals surface area contributed by atoms with Crippen LogP contribution in [-0.4, -0.2) is 54.5 Å². The molecule has 0 aliphatic carbocycles. The standard InChI is InChI=1S/C11H23N3O/c1-8(2)10-6-13(4)11(15)7-14(10)5-9(3)12/h8-10H,5-7,12H2,1-4H3. The van der Waals surface area contributed by atoms with Crippen LogP contribution in [0.2, 0.25) is 0 Å². The summed E-state index contributed by atoms with van der Waals surface area (Å²) in [5, 5.41) is 0. The summed E-state index contributed by atoms with van der Waals surface area (Å²) in [6.07, 6.45) is 0. The molecule has 0 aromatic carbocycles. The number of carbonyl (C=O) groups is 1. The predicted octanol–water partition coefficient (Wildman–Crippen LogP) is 0.132. The molecule has 0 spiro atoms. The van der Waals surface area contributed by atoms with Crippen LogP contribution in [0.25, 0.3) is 0 Å². The Balaban J connectivity index is 2.68. The van der Waals surface area contributed by atoms with E-state index in [0.717, 1.165) is 13.1 Å². The topological polar surface area (TPSA) is 49.6 Å². The Hall–Kier alpha value is -0.610. The minimum atomic E-state index is 0.127. The molecule has 1 aliphatic heterocycles. The van der Waals surface area contributed by atoms with E-state index in [1.165, 1.54) is 0 Å². The van der Waals surface area contributed by atoms with Crippen molar-refractivity contribution in [2.24, 2.45) is 11.7 Å². The maximum absolute atomic E-state index is 11.6. The van der Waals surface area contributed by atoms with Gasteiger partial charge in [-0.3, -0.25) is 9.69 Å². The van der Waals surface area contributed by atoms with Crippen LogP contribution in [0.3, 0.4) is 0 Å². The van der Waals surface area contributed by atoms with Gasteiger partial charge < -0.3 is 10.6 Å². The molecular weight excluding hydrogens is 190 g/mol. The third kappa shape index (κ3) is 3.18. The molecule has 4 heteroatoms. The summed E-state index contributed by atoms with van der Waals surface area (Å²) < 4.78 is 0. The maximum Gasteiger partial charge on any atom is 0.236 e. The highest BCUT2D eigenvalue weighted by molar-refractivity contribution is 5.78. The first kappa shape index (κ1) is 12.5. The first-order chi connectivity index (χ1) is 6.91. The van der Waals surface area contributed by atoms with Crippen LogP contribution in [0, 0.1) is 5.92 Å². The van der Waals surface area contributed by atoms with Gasteiger partial charge in [-0.2, -0.15) is 0 Å². The fourth-order valence-electron chi connectivity index (χ4n) is 2.11. The second-order valence-electron chi connectivity index (χ2n) is 4.99. The molecule has 0 saturated carbocycles. The summed E-state index contributed by atoms with van der Waals surface area (Å²) in [5.41, 5.74) is 5.80. The Morgan fingerprint density at radius 2 is 2.07 bits per heavy atom. The van der Waals surface area contributed by atoms with Crippen molar-refractivity contribution in [3.8, 4) is 0 Å². The number of carbonyl (C=O) groups excluding carboxylic acids is 1. The van der Waals surface area contributed by atoms with Gasteiger partial charge in [0.2, 0.25) is 5.91 Å². The lowest BCUT2D eigenvalue weighted by Crippen LogP contribution is -2.58. The van der Waals surface area contributed by atoms with E-state index in [9.17, 15) is 4.79 Å². The zero-order valence-corrected chi connectivity index (χ0v) is 10.2. The van der Waals surface area contributed by atoms with Crippen molar-refractivity contribution in [2.75, 3.05) is 26.7 Å². The van der Waals surface area contributed by atoms with Gasteiger partial charge in [0.25, 0.3) is 0 Å². The largest absolute Gasteiger partial charge is 0.343 e. The second kappa shape index (κ2) is 4.94. The fraction of sp³-hybridized carbons (Fsp3) is 0.909. The molecule has 1 rings (SSSR count). The number of rotatable bonds is 3. The third-order valence-electron chi connectivity index (χ3n) is 2.99. The molecule has 1 aliphatic rings. The highest BCUT2D eigenvalue weighted by Gasteiger charge is 2.31. The minimum Gasteiger partial charge on any atom is -0.343 e. The Bertz CT molecular complexity index is 228. The molecule has 1 fully saturated rings. The van der Waals surface area contributed by atoms with E-state index in [-0.39, 0.29) is 11.9 Å². The van der Waals surface area contributed by atoms with Crippen molar-refractivity contribution in [2.45, 2.75) is 32.9 Å². The molecule has 1 saturated heterocycles. The van der Waals surface area contributed by atoms with Gasteiger partial charge in [-0.1, -0.05) is 13.8 Å². The predicted molar refractivity (Wildman–Crippen MR) is 61.5 cm³/mol. The summed E-state index contributed by atoms with van der Waals surface area (Å²) in [7, 11) is 1.88. The average Bonchev–Trinajstić information content (AvgIpc) is 2.09. The van der Waals surface area contributed by atoms with Gasteiger partial charge in [-0.15, -0.1) is 0 Å². The number of hydrogen-bond acceptors (Lipinski definition) is 3. The fourth-order valence-corrected chi connectivity index (χ4v) is 2.11. The average molecular weight is 213 g/mol. The number of nitrogens with two attached hydrogens (primary N) is 1. The molecule has 2 N–H and O–H groups in total. The molecule has 4 nitrogen and oxygen atoms in total. The van der Waals surface area contributed by atoms with Crippen molar-refractivity contribution < 1.29 is 4.79 Å². The molecular formula is C11H23N3O. The third-order valence-corrected chi connectivity index (χ3v) is 2.99. The van der Waals surface area contributed by atoms with Gasteiger partial charge in [-0.05, 0) is 12.8 Å². The zero-order chi connectivity index (χ0) is 11.6. The van der Waals surface area contributed by atoms with Gasteiger partial charge in [0, 0.05) is 32.2 Å². The lowest BCUT2D eigenvalue weighted by atomic mass is 9.99. The first-order valence-electron chi connectivity index (χ1n) is 5.65. The SMILES string of the molecule is CC(N)CN1CC(=O)N(C)CC1C(C)C. The molecule has 1 heterocycles. The van der Waals surface area contributed by atoms with Crippen molar-refractivity contribution in [3.63, 3.8) is 0 Å². The quantitative estimate of drug-likeness (QED) is 0.725. The van der Waals surface area contributed by atoms with E-state index in [2.05, 4.69) is 18.7 Å². The van der Waals surface area contributed by atoms with E-state index >= 15 is 0 Å². The van der Waals surface area contributed by atoms with Crippen molar-refractivity contribution in [1.29, 1.82) is 0 Å².